The molecule has 0 saturated heterocycles. The highest BCUT2D eigenvalue weighted by Crippen LogP contribution is 2.15. The molecule has 0 fully saturated rings. The molecule has 0 saturated carbocycles. The van der Waals surface area contributed by atoms with Crippen molar-refractivity contribution in [1.29, 1.82) is 0 Å². The molecule has 0 spiro atoms. The van der Waals surface area contributed by atoms with Gasteiger partial charge in [-0.25, -0.2) is 13.4 Å². The summed E-state index contributed by atoms with van der Waals surface area (Å²) in [5, 5.41) is 4.92. The first kappa shape index (κ1) is 15.7. The summed E-state index contributed by atoms with van der Waals surface area (Å²) < 4.78 is 24.2. The van der Waals surface area contributed by atoms with Crippen molar-refractivity contribution in [1.82, 2.24) is 4.98 Å². The van der Waals surface area contributed by atoms with Crippen LogP contribution in [0.5, 0.6) is 0 Å². The highest BCUT2D eigenvalue weighted by atomic mass is 32.2. The molecule has 5 nitrogen and oxygen atoms in total. The third-order valence-corrected chi connectivity index (χ3v) is 5.38. The van der Waals surface area contributed by atoms with Gasteiger partial charge in [0, 0.05) is 18.0 Å². The monoisotopic (exact) mass is 324 g/mol. The number of rotatable bonds is 6. The van der Waals surface area contributed by atoms with Gasteiger partial charge in [0.25, 0.3) is 0 Å². The number of anilines is 1. The Bertz CT molecular complexity index is 692. The zero-order chi connectivity index (χ0) is 15.3. The molecule has 0 radical (unpaired) electrons. The van der Waals surface area contributed by atoms with Crippen molar-refractivity contribution >= 4 is 32.2 Å². The lowest BCUT2D eigenvalue weighted by molar-refractivity contribution is -0.116. The summed E-state index contributed by atoms with van der Waals surface area (Å²) in [5.41, 5.74) is 1.01. The average molecular weight is 324 g/mol. The highest BCUT2D eigenvalue weighted by Gasteiger charge is 2.15. The van der Waals surface area contributed by atoms with Gasteiger partial charge in [-0.2, -0.15) is 0 Å². The first-order valence-corrected chi connectivity index (χ1v) is 8.99. The Morgan fingerprint density at radius 3 is 2.62 bits per heavy atom. The Balaban J connectivity index is 1.84. The number of aromatic nitrogens is 1. The molecular weight excluding hydrogens is 308 g/mol. The van der Waals surface area contributed by atoms with Crippen LogP contribution in [0.4, 0.5) is 5.13 Å². The van der Waals surface area contributed by atoms with Crippen molar-refractivity contribution in [3.63, 3.8) is 0 Å². The second-order valence-electron chi connectivity index (χ2n) is 4.62. The first-order chi connectivity index (χ1) is 9.97. The number of benzene rings is 1. The maximum atomic E-state index is 12.1. The summed E-state index contributed by atoms with van der Waals surface area (Å²) in [5.74, 6) is -0.259. The molecule has 0 aliphatic rings. The molecule has 2 rings (SSSR count). The molecule has 1 amide bonds. The summed E-state index contributed by atoms with van der Waals surface area (Å²) in [6.07, 6.45) is 2.04. The molecule has 2 aromatic rings. The first-order valence-electron chi connectivity index (χ1n) is 6.46. The predicted octanol–water partition coefficient (Wildman–Crippen LogP) is 2.64. The molecule has 1 aromatic heterocycles. The van der Waals surface area contributed by atoms with Crippen LogP contribution in [0, 0.1) is 6.92 Å². The van der Waals surface area contributed by atoms with E-state index >= 15 is 0 Å². The van der Waals surface area contributed by atoms with E-state index in [9.17, 15) is 13.2 Å². The molecule has 0 aliphatic heterocycles. The Morgan fingerprint density at radius 2 is 2.00 bits per heavy atom. The lowest BCUT2D eigenvalue weighted by Gasteiger charge is -2.05. The standard InChI is InChI=1S/C14H16N2O3S2/c1-11-4-6-12(7-5-11)21(18,19)10-2-3-13(17)16-14-15-8-9-20-14/h4-9H,2-3,10H2,1H3,(H,15,16,17). The smallest absolute Gasteiger partial charge is 0.226 e. The van der Waals surface area contributed by atoms with Crippen molar-refractivity contribution in [3.05, 3.63) is 41.4 Å². The minimum Gasteiger partial charge on any atom is -0.302 e. The molecular formula is C14H16N2O3S2. The third-order valence-electron chi connectivity index (χ3n) is 2.88. The summed E-state index contributed by atoms with van der Waals surface area (Å²) in [6.45, 7) is 1.90. The molecule has 0 unspecified atom stereocenters. The lowest BCUT2D eigenvalue weighted by Crippen LogP contribution is -2.14. The number of sulfone groups is 1. The number of hydrogen-bond acceptors (Lipinski definition) is 5. The molecule has 0 atom stereocenters. The van der Waals surface area contributed by atoms with Crippen LogP contribution < -0.4 is 5.32 Å². The van der Waals surface area contributed by atoms with E-state index in [0.717, 1.165) is 5.56 Å². The number of aryl methyl sites for hydroxylation is 1. The van der Waals surface area contributed by atoms with Crippen molar-refractivity contribution in [3.8, 4) is 0 Å². The van der Waals surface area contributed by atoms with E-state index in [0.29, 0.717) is 10.0 Å². The number of nitrogens with one attached hydrogen (secondary N) is 1. The van der Waals surface area contributed by atoms with Crippen molar-refractivity contribution in [2.75, 3.05) is 11.1 Å². The lowest BCUT2D eigenvalue weighted by atomic mass is 10.2. The summed E-state index contributed by atoms with van der Waals surface area (Å²) in [7, 11) is -3.33. The van der Waals surface area contributed by atoms with Gasteiger partial charge in [0.2, 0.25) is 5.91 Å². The Morgan fingerprint density at radius 1 is 1.29 bits per heavy atom. The Hall–Kier alpha value is -1.73. The third kappa shape index (κ3) is 4.64. The number of nitrogens with zero attached hydrogens (tertiary/aromatic N) is 1. The maximum absolute atomic E-state index is 12.1. The Kier molecular flexibility index (Phi) is 5.08. The summed E-state index contributed by atoms with van der Waals surface area (Å²) in [4.78, 5) is 15.9. The van der Waals surface area contributed by atoms with Crippen LogP contribution in [0.3, 0.4) is 0 Å². The van der Waals surface area contributed by atoms with Crippen LogP contribution in [-0.2, 0) is 14.6 Å². The molecule has 21 heavy (non-hydrogen) atoms. The predicted molar refractivity (Wildman–Crippen MR) is 83.2 cm³/mol. The second-order valence-corrected chi connectivity index (χ2v) is 7.62. The fraction of sp³-hybridized carbons (Fsp3) is 0.286. The van der Waals surface area contributed by atoms with Crippen LogP contribution in [0.1, 0.15) is 18.4 Å². The van der Waals surface area contributed by atoms with Gasteiger partial charge in [-0.3, -0.25) is 4.79 Å². The normalized spacial score (nSPS) is 11.3. The van der Waals surface area contributed by atoms with Gasteiger partial charge in [0.1, 0.15) is 0 Å². The van der Waals surface area contributed by atoms with Crippen LogP contribution >= 0.6 is 11.3 Å². The average Bonchev–Trinajstić information content (AvgIpc) is 2.91. The quantitative estimate of drug-likeness (QED) is 0.886. The highest BCUT2D eigenvalue weighted by molar-refractivity contribution is 7.91. The van der Waals surface area contributed by atoms with Crippen LogP contribution in [0.25, 0.3) is 0 Å². The minimum absolute atomic E-state index is 0.0403. The van der Waals surface area contributed by atoms with E-state index in [1.807, 2.05) is 6.92 Å². The zero-order valence-corrected chi connectivity index (χ0v) is 13.2. The van der Waals surface area contributed by atoms with E-state index in [1.54, 1.807) is 35.8 Å². The van der Waals surface area contributed by atoms with Crippen molar-refractivity contribution in [2.45, 2.75) is 24.7 Å². The topological polar surface area (TPSA) is 76.1 Å². The number of hydrogen-bond donors (Lipinski definition) is 1. The molecule has 112 valence electrons. The second kappa shape index (κ2) is 6.82. The van der Waals surface area contributed by atoms with E-state index < -0.39 is 9.84 Å². The molecule has 0 bridgehead atoms. The maximum Gasteiger partial charge on any atom is 0.226 e. The van der Waals surface area contributed by atoms with Crippen LogP contribution in [0.15, 0.2) is 40.7 Å². The summed E-state index contributed by atoms with van der Waals surface area (Å²) in [6, 6.07) is 6.73. The van der Waals surface area contributed by atoms with Crippen molar-refractivity contribution in [2.24, 2.45) is 0 Å². The number of carbonyl (C=O) groups excluding carboxylic acids is 1. The minimum atomic E-state index is -3.33. The number of thiazole rings is 1. The molecule has 1 aromatic carbocycles. The Labute approximate surface area is 128 Å². The molecule has 0 aliphatic carbocycles. The number of carbonyl (C=O) groups is 1. The zero-order valence-electron chi connectivity index (χ0n) is 11.6. The largest absolute Gasteiger partial charge is 0.302 e. The van der Waals surface area contributed by atoms with Gasteiger partial charge in [0.15, 0.2) is 15.0 Å². The van der Waals surface area contributed by atoms with Gasteiger partial charge in [-0.05, 0) is 25.5 Å². The van der Waals surface area contributed by atoms with Gasteiger partial charge < -0.3 is 5.32 Å². The molecule has 1 heterocycles. The fourth-order valence-electron chi connectivity index (χ4n) is 1.75. The molecule has 1 N–H and O–H groups in total. The van der Waals surface area contributed by atoms with Gasteiger partial charge in [-0.15, -0.1) is 11.3 Å². The van der Waals surface area contributed by atoms with Gasteiger partial charge >= 0.3 is 0 Å². The van der Waals surface area contributed by atoms with Gasteiger partial charge in [0.05, 0.1) is 10.6 Å². The van der Waals surface area contributed by atoms with E-state index in [-0.39, 0.29) is 24.5 Å². The van der Waals surface area contributed by atoms with E-state index in [4.69, 9.17) is 0 Å². The molecule has 7 heteroatoms. The van der Waals surface area contributed by atoms with Crippen LogP contribution in [-0.4, -0.2) is 25.1 Å². The fourth-order valence-corrected chi connectivity index (χ4v) is 3.61. The van der Waals surface area contributed by atoms with Crippen molar-refractivity contribution < 1.29 is 13.2 Å². The van der Waals surface area contributed by atoms with Gasteiger partial charge in [-0.1, -0.05) is 17.7 Å². The SMILES string of the molecule is Cc1ccc(S(=O)(=O)CCCC(=O)Nc2nccs2)cc1. The number of amides is 1. The van der Waals surface area contributed by atoms with E-state index in [1.165, 1.54) is 11.3 Å². The van der Waals surface area contributed by atoms with Crippen LogP contribution in [0.2, 0.25) is 0 Å². The van der Waals surface area contributed by atoms with E-state index in [2.05, 4.69) is 10.3 Å². The summed E-state index contributed by atoms with van der Waals surface area (Å²) >= 11 is 1.33.